The summed E-state index contributed by atoms with van der Waals surface area (Å²) in [6.07, 6.45) is 4.63. The fraction of sp³-hybridized carbons (Fsp3) is 0.455. The summed E-state index contributed by atoms with van der Waals surface area (Å²) in [6.45, 7) is 3.74. The van der Waals surface area contributed by atoms with Crippen LogP contribution < -0.4 is 5.32 Å². The van der Waals surface area contributed by atoms with Gasteiger partial charge in [0.1, 0.15) is 6.29 Å². The van der Waals surface area contributed by atoms with Crippen molar-refractivity contribution in [3.63, 3.8) is 0 Å². The van der Waals surface area contributed by atoms with Crippen LogP contribution in [-0.4, -0.2) is 12.2 Å². The van der Waals surface area contributed by atoms with Crippen LogP contribution in [0, 0.1) is 17.3 Å². The summed E-state index contributed by atoms with van der Waals surface area (Å²) in [5.41, 5.74) is 0.332. The Bertz CT molecular complexity index is 395. The van der Waals surface area contributed by atoms with E-state index in [4.69, 9.17) is 0 Å². The third-order valence-electron chi connectivity index (χ3n) is 3.14. The van der Waals surface area contributed by atoms with Gasteiger partial charge in [-0.2, -0.15) is 0 Å². The van der Waals surface area contributed by atoms with Gasteiger partial charge in [-0.25, -0.2) is 0 Å². The van der Waals surface area contributed by atoms with Crippen LogP contribution in [0.3, 0.4) is 0 Å². The van der Waals surface area contributed by atoms with E-state index in [2.05, 4.69) is 21.2 Å². The van der Waals surface area contributed by atoms with E-state index >= 15 is 0 Å². The molecule has 1 heterocycles. The molecular weight excluding hydrogens is 258 g/mol. The van der Waals surface area contributed by atoms with Crippen LogP contribution in [-0.2, 0) is 9.59 Å². The summed E-state index contributed by atoms with van der Waals surface area (Å²) in [5.74, 6) is -0.293. The van der Waals surface area contributed by atoms with Crippen molar-refractivity contribution in [2.45, 2.75) is 13.8 Å². The second-order valence-electron chi connectivity index (χ2n) is 4.52. The Morgan fingerprint density at radius 2 is 2.20 bits per heavy atom. The van der Waals surface area contributed by atoms with Gasteiger partial charge >= 0.3 is 0 Å². The van der Waals surface area contributed by atoms with Crippen LogP contribution in [0.25, 0.3) is 0 Å². The van der Waals surface area contributed by atoms with E-state index in [0.717, 1.165) is 16.5 Å². The number of rotatable bonds is 1. The molecule has 0 saturated carbocycles. The summed E-state index contributed by atoms with van der Waals surface area (Å²) in [4.78, 5) is 22.7. The maximum atomic E-state index is 11.7. The molecule has 0 aromatic carbocycles. The Kier molecular flexibility index (Phi) is 2.34. The number of nitrogens with one attached hydrogen (secondary N) is 1. The lowest BCUT2D eigenvalue weighted by Crippen LogP contribution is -2.32. The molecule has 1 saturated heterocycles. The predicted molar refractivity (Wildman–Crippen MR) is 60.1 cm³/mol. The Hall–Kier alpha value is -0.900. The van der Waals surface area contributed by atoms with Gasteiger partial charge in [0.2, 0.25) is 5.91 Å². The Morgan fingerprint density at radius 3 is 2.80 bits per heavy atom. The van der Waals surface area contributed by atoms with Gasteiger partial charge in [-0.3, -0.25) is 4.79 Å². The summed E-state index contributed by atoms with van der Waals surface area (Å²) in [5, 5.41) is 2.83. The number of amides is 1. The Labute approximate surface area is 96.7 Å². The van der Waals surface area contributed by atoms with Gasteiger partial charge in [0.15, 0.2) is 0 Å². The second kappa shape index (κ2) is 3.30. The van der Waals surface area contributed by atoms with Gasteiger partial charge in [-0.05, 0) is 6.08 Å². The summed E-state index contributed by atoms with van der Waals surface area (Å²) < 4.78 is 0.851. The molecule has 0 aromatic rings. The van der Waals surface area contributed by atoms with Gasteiger partial charge in [0.25, 0.3) is 0 Å². The van der Waals surface area contributed by atoms with Gasteiger partial charge in [0.05, 0.1) is 5.41 Å². The molecule has 80 valence electrons. The number of hydrogen-bond acceptors (Lipinski definition) is 2. The topological polar surface area (TPSA) is 46.2 Å². The molecule has 2 atom stereocenters. The zero-order chi connectivity index (χ0) is 11.2. The van der Waals surface area contributed by atoms with E-state index in [9.17, 15) is 9.59 Å². The minimum atomic E-state index is -0.512. The minimum absolute atomic E-state index is 0.0128. The number of halogens is 1. The maximum absolute atomic E-state index is 11.7. The molecule has 1 N–H and O–H groups in total. The first kappa shape index (κ1) is 10.6. The SMILES string of the molecule is CC1(C)C(=O)NC2=CC(Br)=CC(C=O)C21. The molecule has 1 aliphatic carbocycles. The van der Waals surface area contributed by atoms with Crippen molar-refractivity contribution in [1.82, 2.24) is 5.32 Å². The highest BCUT2D eigenvalue weighted by molar-refractivity contribution is 9.11. The molecular formula is C11H12BrNO2. The normalized spacial score (nSPS) is 32.6. The van der Waals surface area contributed by atoms with Crippen molar-refractivity contribution < 1.29 is 9.59 Å². The molecule has 2 aliphatic rings. The first-order valence-corrected chi connectivity index (χ1v) is 5.62. The maximum Gasteiger partial charge on any atom is 0.230 e. The van der Waals surface area contributed by atoms with Crippen LogP contribution in [0.5, 0.6) is 0 Å². The number of hydrogen-bond donors (Lipinski definition) is 1. The van der Waals surface area contributed by atoms with Crippen LogP contribution in [0.15, 0.2) is 22.3 Å². The standard InChI is InChI=1S/C11H12BrNO2/c1-11(2)9-6(5-14)3-7(12)4-8(9)13-10(11)15/h3-6,9H,1-2H3,(H,13,15). The fourth-order valence-corrected chi connectivity index (χ4v) is 2.86. The van der Waals surface area contributed by atoms with Gasteiger partial charge in [0, 0.05) is 22.0 Å². The van der Waals surface area contributed by atoms with Gasteiger partial charge in [-0.15, -0.1) is 0 Å². The first-order chi connectivity index (χ1) is 6.96. The summed E-state index contributed by atoms with van der Waals surface area (Å²) in [6, 6.07) is 0. The fourth-order valence-electron chi connectivity index (χ4n) is 2.31. The van der Waals surface area contributed by atoms with Gasteiger partial charge in [-0.1, -0.05) is 35.9 Å². The molecule has 0 bridgehead atoms. The molecule has 3 nitrogen and oxygen atoms in total. The summed E-state index contributed by atoms with van der Waals surface area (Å²) >= 11 is 3.34. The van der Waals surface area contributed by atoms with E-state index in [1.165, 1.54) is 0 Å². The van der Waals surface area contributed by atoms with Crippen molar-refractivity contribution in [3.05, 3.63) is 22.3 Å². The lowest BCUT2D eigenvalue weighted by Gasteiger charge is -2.29. The molecule has 2 rings (SSSR count). The number of aldehydes is 1. The molecule has 0 aromatic heterocycles. The smallest absolute Gasteiger partial charge is 0.230 e. The van der Waals surface area contributed by atoms with Crippen molar-refractivity contribution in [1.29, 1.82) is 0 Å². The lowest BCUT2D eigenvalue weighted by molar-refractivity contribution is -0.127. The van der Waals surface area contributed by atoms with Gasteiger partial charge < -0.3 is 10.1 Å². The van der Waals surface area contributed by atoms with Crippen LogP contribution in [0.4, 0.5) is 0 Å². The molecule has 1 aliphatic heterocycles. The third-order valence-corrected chi connectivity index (χ3v) is 3.64. The number of carbonyl (C=O) groups is 2. The quantitative estimate of drug-likeness (QED) is 0.738. The predicted octanol–water partition coefficient (Wildman–Crippen LogP) is 1.75. The van der Waals surface area contributed by atoms with E-state index in [-0.39, 0.29) is 17.7 Å². The highest BCUT2D eigenvalue weighted by Gasteiger charge is 2.49. The van der Waals surface area contributed by atoms with Crippen LogP contribution >= 0.6 is 15.9 Å². The highest BCUT2D eigenvalue weighted by atomic mass is 79.9. The molecule has 0 spiro atoms. The third kappa shape index (κ3) is 1.47. The van der Waals surface area contributed by atoms with E-state index < -0.39 is 5.41 Å². The zero-order valence-corrected chi connectivity index (χ0v) is 10.2. The van der Waals surface area contributed by atoms with Crippen molar-refractivity contribution in [3.8, 4) is 0 Å². The molecule has 0 radical (unpaired) electrons. The Morgan fingerprint density at radius 1 is 1.53 bits per heavy atom. The largest absolute Gasteiger partial charge is 0.329 e. The number of carbonyl (C=O) groups excluding carboxylic acids is 2. The van der Waals surface area contributed by atoms with Crippen LogP contribution in [0.1, 0.15) is 13.8 Å². The van der Waals surface area contributed by atoms with Crippen molar-refractivity contribution >= 4 is 28.1 Å². The molecule has 1 fully saturated rings. The van der Waals surface area contributed by atoms with E-state index in [1.807, 2.05) is 26.0 Å². The first-order valence-electron chi connectivity index (χ1n) is 4.82. The molecule has 2 unspecified atom stereocenters. The van der Waals surface area contributed by atoms with Crippen LogP contribution in [0.2, 0.25) is 0 Å². The molecule has 15 heavy (non-hydrogen) atoms. The summed E-state index contributed by atoms with van der Waals surface area (Å²) in [7, 11) is 0. The molecule has 4 heteroatoms. The van der Waals surface area contributed by atoms with E-state index in [0.29, 0.717) is 0 Å². The van der Waals surface area contributed by atoms with Crippen molar-refractivity contribution in [2.24, 2.45) is 17.3 Å². The van der Waals surface area contributed by atoms with E-state index in [1.54, 1.807) is 0 Å². The zero-order valence-electron chi connectivity index (χ0n) is 8.58. The van der Waals surface area contributed by atoms with Crippen molar-refractivity contribution in [2.75, 3.05) is 0 Å². The average molecular weight is 270 g/mol. The number of allylic oxidation sites excluding steroid dienone is 4. The number of fused-ring (bicyclic) bond motifs is 1. The second-order valence-corrected chi connectivity index (χ2v) is 5.43. The Balaban J connectivity index is 2.48. The highest BCUT2D eigenvalue weighted by Crippen LogP contribution is 2.45. The average Bonchev–Trinajstić information content (AvgIpc) is 2.36. The monoisotopic (exact) mass is 269 g/mol. The lowest BCUT2D eigenvalue weighted by atomic mass is 9.71. The molecule has 1 amide bonds. The minimum Gasteiger partial charge on any atom is -0.329 e.